The lowest BCUT2D eigenvalue weighted by Gasteiger charge is -2.08. The molecule has 0 amide bonds. The van der Waals surface area contributed by atoms with Gasteiger partial charge in [0.1, 0.15) is 6.10 Å². The van der Waals surface area contributed by atoms with Crippen molar-refractivity contribution in [2.75, 3.05) is 6.61 Å². The molecule has 1 aromatic carbocycles. The van der Waals surface area contributed by atoms with Crippen LogP contribution in [0, 0.1) is 0 Å². The molecule has 0 radical (unpaired) electrons. The molecule has 2 aromatic rings. The largest absolute Gasteiger partial charge is 0.393 e. The Balaban J connectivity index is 2.60. The Morgan fingerprint density at radius 2 is 2.15 bits per heavy atom. The highest BCUT2D eigenvalue weighted by Crippen LogP contribution is 2.22. The summed E-state index contributed by atoms with van der Waals surface area (Å²) >= 11 is 0. The van der Waals surface area contributed by atoms with Crippen molar-refractivity contribution in [2.24, 2.45) is 0 Å². The van der Waals surface area contributed by atoms with Gasteiger partial charge in [-0.3, -0.25) is 0 Å². The van der Waals surface area contributed by atoms with Gasteiger partial charge in [0.2, 0.25) is 0 Å². The molecular formula is C10H11NO2. The molecule has 3 nitrogen and oxygen atoms in total. The molecule has 0 fully saturated rings. The fourth-order valence-electron chi connectivity index (χ4n) is 1.49. The Morgan fingerprint density at radius 1 is 1.31 bits per heavy atom. The molecule has 1 heterocycles. The minimum absolute atomic E-state index is 0.252. The van der Waals surface area contributed by atoms with Crippen LogP contribution in [0.1, 0.15) is 11.7 Å². The molecule has 0 saturated carbocycles. The summed E-state index contributed by atoms with van der Waals surface area (Å²) in [5.41, 5.74) is 1.63. The van der Waals surface area contributed by atoms with Gasteiger partial charge in [-0.1, -0.05) is 18.2 Å². The second kappa shape index (κ2) is 3.20. The van der Waals surface area contributed by atoms with E-state index >= 15 is 0 Å². The number of fused-ring (bicyclic) bond motifs is 1. The van der Waals surface area contributed by atoms with Crippen molar-refractivity contribution < 1.29 is 10.2 Å². The standard InChI is InChI=1S/C10H11NO2/c12-6-9(13)8-3-1-2-7-4-5-11-10(7)8/h1-5,9,11-13H,6H2. The highest BCUT2D eigenvalue weighted by atomic mass is 16.3. The topological polar surface area (TPSA) is 56.2 Å². The third-order valence-electron chi connectivity index (χ3n) is 2.15. The Kier molecular flexibility index (Phi) is 2.04. The first-order chi connectivity index (χ1) is 6.33. The summed E-state index contributed by atoms with van der Waals surface area (Å²) in [6.45, 7) is -0.252. The zero-order valence-electron chi connectivity index (χ0n) is 7.07. The van der Waals surface area contributed by atoms with Crippen LogP contribution in [-0.4, -0.2) is 21.8 Å². The number of aromatic amines is 1. The van der Waals surface area contributed by atoms with E-state index in [-0.39, 0.29) is 6.61 Å². The van der Waals surface area contributed by atoms with Crippen LogP contribution >= 0.6 is 0 Å². The minimum Gasteiger partial charge on any atom is -0.393 e. The molecule has 13 heavy (non-hydrogen) atoms. The van der Waals surface area contributed by atoms with Crippen LogP contribution in [0.4, 0.5) is 0 Å². The predicted octanol–water partition coefficient (Wildman–Crippen LogP) is 1.19. The SMILES string of the molecule is OCC(O)c1cccc2cc[nH]c12. The average molecular weight is 177 g/mol. The van der Waals surface area contributed by atoms with Crippen LogP contribution < -0.4 is 0 Å². The second-order valence-corrected chi connectivity index (χ2v) is 2.99. The van der Waals surface area contributed by atoms with E-state index in [0.29, 0.717) is 0 Å². The number of hydrogen-bond donors (Lipinski definition) is 3. The first-order valence-corrected chi connectivity index (χ1v) is 4.18. The van der Waals surface area contributed by atoms with Gasteiger partial charge in [0, 0.05) is 11.8 Å². The highest BCUT2D eigenvalue weighted by molar-refractivity contribution is 5.82. The van der Waals surface area contributed by atoms with E-state index in [4.69, 9.17) is 5.11 Å². The van der Waals surface area contributed by atoms with E-state index in [1.807, 2.05) is 24.4 Å². The van der Waals surface area contributed by atoms with E-state index in [1.165, 1.54) is 0 Å². The van der Waals surface area contributed by atoms with Crippen LogP contribution in [-0.2, 0) is 0 Å². The maximum absolute atomic E-state index is 9.48. The number of aromatic nitrogens is 1. The Labute approximate surface area is 75.6 Å². The number of H-pyrrole nitrogens is 1. The number of aliphatic hydroxyl groups excluding tert-OH is 2. The number of para-hydroxylation sites is 1. The number of aliphatic hydroxyl groups is 2. The molecule has 2 rings (SSSR count). The Bertz CT molecular complexity index is 408. The minimum atomic E-state index is -0.803. The fourth-order valence-corrected chi connectivity index (χ4v) is 1.49. The molecule has 3 N–H and O–H groups in total. The molecule has 0 aliphatic rings. The number of rotatable bonds is 2. The molecule has 0 saturated heterocycles. The van der Waals surface area contributed by atoms with Gasteiger partial charge >= 0.3 is 0 Å². The zero-order valence-corrected chi connectivity index (χ0v) is 7.07. The normalized spacial score (nSPS) is 13.4. The van der Waals surface area contributed by atoms with E-state index in [2.05, 4.69) is 4.98 Å². The maximum Gasteiger partial charge on any atom is 0.104 e. The van der Waals surface area contributed by atoms with Gasteiger partial charge in [-0.25, -0.2) is 0 Å². The lowest BCUT2D eigenvalue weighted by atomic mass is 10.1. The van der Waals surface area contributed by atoms with Gasteiger partial charge in [-0.05, 0) is 11.5 Å². The molecular weight excluding hydrogens is 166 g/mol. The van der Waals surface area contributed by atoms with Crippen molar-refractivity contribution >= 4 is 10.9 Å². The van der Waals surface area contributed by atoms with Crippen molar-refractivity contribution in [3.63, 3.8) is 0 Å². The first kappa shape index (κ1) is 8.29. The monoisotopic (exact) mass is 177 g/mol. The number of nitrogens with one attached hydrogen (secondary N) is 1. The Hall–Kier alpha value is -1.32. The molecule has 1 aromatic heterocycles. The Morgan fingerprint density at radius 3 is 2.92 bits per heavy atom. The fraction of sp³-hybridized carbons (Fsp3) is 0.200. The van der Waals surface area contributed by atoms with E-state index in [1.54, 1.807) is 6.07 Å². The van der Waals surface area contributed by atoms with Crippen LogP contribution in [0.25, 0.3) is 10.9 Å². The molecule has 0 aliphatic heterocycles. The third kappa shape index (κ3) is 1.32. The molecule has 68 valence electrons. The van der Waals surface area contributed by atoms with Crippen LogP contribution in [0.15, 0.2) is 30.5 Å². The number of benzene rings is 1. The molecule has 1 unspecified atom stereocenters. The van der Waals surface area contributed by atoms with Gasteiger partial charge in [0.25, 0.3) is 0 Å². The summed E-state index contributed by atoms with van der Waals surface area (Å²) in [5, 5.41) is 19.3. The van der Waals surface area contributed by atoms with Crippen molar-refractivity contribution in [2.45, 2.75) is 6.10 Å². The summed E-state index contributed by atoms with van der Waals surface area (Å²) in [6, 6.07) is 7.56. The van der Waals surface area contributed by atoms with Gasteiger partial charge in [-0.15, -0.1) is 0 Å². The van der Waals surface area contributed by atoms with Crippen LogP contribution in [0.2, 0.25) is 0 Å². The average Bonchev–Trinajstić information content (AvgIpc) is 2.63. The van der Waals surface area contributed by atoms with Crippen molar-refractivity contribution in [1.82, 2.24) is 4.98 Å². The van der Waals surface area contributed by atoms with E-state index in [9.17, 15) is 5.11 Å². The smallest absolute Gasteiger partial charge is 0.104 e. The van der Waals surface area contributed by atoms with Crippen molar-refractivity contribution in [3.8, 4) is 0 Å². The number of hydrogen-bond acceptors (Lipinski definition) is 2. The van der Waals surface area contributed by atoms with Crippen molar-refractivity contribution in [3.05, 3.63) is 36.0 Å². The van der Waals surface area contributed by atoms with Gasteiger partial charge in [0.05, 0.1) is 12.1 Å². The summed E-state index contributed by atoms with van der Waals surface area (Å²) < 4.78 is 0. The van der Waals surface area contributed by atoms with Crippen LogP contribution in [0.5, 0.6) is 0 Å². The third-order valence-corrected chi connectivity index (χ3v) is 2.15. The summed E-state index contributed by atoms with van der Waals surface area (Å²) in [4.78, 5) is 3.03. The highest BCUT2D eigenvalue weighted by Gasteiger charge is 2.09. The zero-order chi connectivity index (χ0) is 9.26. The molecule has 3 heteroatoms. The second-order valence-electron chi connectivity index (χ2n) is 2.99. The quantitative estimate of drug-likeness (QED) is 0.645. The van der Waals surface area contributed by atoms with E-state index < -0.39 is 6.10 Å². The van der Waals surface area contributed by atoms with E-state index in [0.717, 1.165) is 16.5 Å². The van der Waals surface area contributed by atoms with Crippen LogP contribution in [0.3, 0.4) is 0 Å². The predicted molar refractivity (Wildman–Crippen MR) is 50.3 cm³/mol. The first-order valence-electron chi connectivity index (χ1n) is 4.18. The van der Waals surface area contributed by atoms with Gasteiger partial charge in [0.15, 0.2) is 0 Å². The molecule has 0 aliphatic carbocycles. The lowest BCUT2D eigenvalue weighted by Crippen LogP contribution is -2.02. The summed E-state index contributed by atoms with van der Waals surface area (Å²) in [6.07, 6.45) is 1.01. The summed E-state index contributed by atoms with van der Waals surface area (Å²) in [5.74, 6) is 0. The molecule has 1 atom stereocenters. The van der Waals surface area contributed by atoms with Gasteiger partial charge < -0.3 is 15.2 Å². The van der Waals surface area contributed by atoms with Crippen molar-refractivity contribution in [1.29, 1.82) is 0 Å². The molecule has 0 spiro atoms. The maximum atomic E-state index is 9.48. The summed E-state index contributed by atoms with van der Waals surface area (Å²) in [7, 11) is 0. The lowest BCUT2D eigenvalue weighted by molar-refractivity contribution is 0.0966. The van der Waals surface area contributed by atoms with Gasteiger partial charge in [-0.2, -0.15) is 0 Å². The molecule has 0 bridgehead atoms.